The predicted molar refractivity (Wildman–Crippen MR) is 161 cm³/mol. The second kappa shape index (κ2) is 7.76. The Hall–Kier alpha value is -3.98. The fourth-order valence-electron chi connectivity index (χ4n) is 5.61. The van der Waals surface area contributed by atoms with Crippen LogP contribution in [0.2, 0.25) is 0 Å². The predicted octanol–water partition coefficient (Wildman–Crippen LogP) is 10.9. The van der Waals surface area contributed by atoms with E-state index in [0.717, 1.165) is 0 Å². The van der Waals surface area contributed by atoms with Crippen molar-refractivity contribution in [3.05, 3.63) is 121 Å². The zero-order chi connectivity index (χ0) is 23.6. The van der Waals surface area contributed by atoms with Crippen molar-refractivity contribution in [2.24, 2.45) is 0 Å². The molecule has 0 saturated carbocycles. The Bertz CT molecular complexity index is 1950. The molecule has 0 aliphatic carbocycles. The largest absolute Gasteiger partial charge is 0.124 e. The molecule has 36 heavy (non-hydrogen) atoms. The third kappa shape index (κ3) is 2.99. The maximum Gasteiger partial charge on any atom is 0.0890 e. The van der Waals surface area contributed by atoms with Crippen molar-refractivity contribution >= 4 is 73.8 Å². The van der Waals surface area contributed by atoms with Crippen molar-refractivity contribution in [2.45, 2.75) is 0 Å². The van der Waals surface area contributed by atoms with Crippen LogP contribution in [0, 0.1) is 0 Å². The van der Waals surface area contributed by atoms with Crippen molar-refractivity contribution in [1.29, 1.82) is 0 Å². The number of hydrogen-bond acceptors (Lipinski definition) is 2. The topological polar surface area (TPSA) is 0 Å². The van der Waals surface area contributed by atoms with Crippen LogP contribution in [-0.4, -0.2) is 0 Å². The van der Waals surface area contributed by atoms with Crippen LogP contribution in [0.5, 0.6) is 0 Å². The van der Waals surface area contributed by atoms with Gasteiger partial charge >= 0.3 is 0 Å². The van der Waals surface area contributed by atoms with Gasteiger partial charge in [-0.15, -0.1) is 22.7 Å². The van der Waals surface area contributed by atoms with Gasteiger partial charge in [0.2, 0.25) is 0 Å². The van der Waals surface area contributed by atoms with E-state index in [1.54, 1.807) is 0 Å². The molecular formula is C34H20S2. The number of hydrogen-bond donors (Lipinski definition) is 0. The van der Waals surface area contributed by atoms with Crippen LogP contribution < -0.4 is 0 Å². The maximum absolute atomic E-state index is 2.41. The second-order valence-corrected chi connectivity index (χ2v) is 11.7. The molecule has 8 aromatic rings. The van der Waals surface area contributed by atoms with E-state index >= 15 is 0 Å². The lowest BCUT2D eigenvalue weighted by atomic mass is 9.96. The molecule has 0 unspecified atom stereocenters. The molecule has 0 fully saturated rings. The standard InChI is InChI=1S/C34H20S2/c1-3-11-25-21(7-1)9-5-13-27(25)23-15-17-31-29(19-23)33-30-20-24(16-18-32(30)36-34(33)35-31)28-14-6-10-22-8-2-4-12-26(22)28/h1-20H. The summed E-state index contributed by atoms with van der Waals surface area (Å²) in [6.45, 7) is 0. The van der Waals surface area contributed by atoms with E-state index in [1.165, 1.54) is 73.4 Å². The van der Waals surface area contributed by atoms with Crippen molar-refractivity contribution in [3.8, 4) is 22.3 Å². The van der Waals surface area contributed by atoms with Gasteiger partial charge in [-0.2, -0.15) is 0 Å². The number of rotatable bonds is 2. The van der Waals surface area contributed by atoms with Gasteiger partial charge in [0.15, 0.2) is 0 Å². The highest BCUT2D eigenvalue weighted by Crippen LogP contribution is 2.46. The summed E-state index contributed by atoms with van der Waals surface area (Å²) < 4.78 is 4.13. The maximum atomic E-state index is 2.41. The van der Waals surface area contributed by atoms with Crippen molar-refractivity contribution < 1.29 is 0 Å². The molecule has 168 valence electrons. The van der Waals surface area contributed by atoms with Crippen LogP contribution in [0.3, 0.4) is 0 Å². The number of fused-ring (bicyclic) bond motifs is 7. The number of benzene rings is 6. The van der Waals surface area contributed by atoms with Gasteiger partial charge in [0.1, 0.15) is 0 Å². The smallest absolute Gasteiger partial charge is 0.0890 e. The SMILES string of the molecule is c1ccc2c(-c3ccc4sc5sc6ccc(-c7cccc8ccccc78)cc6c5c4c3)cccc2c1. The van der Waals surface area contributed by atoms with Gasteiger partial charge in [0, 0.05) is 25.6 Å². The van der Waals surface area contributed by atoms with Crippen LogP contribution in [-0.2, 0) is 0 Å². The molecule has 0 bridgehead atoms. The summed E-state index contributed by atoms with van der Waals surface area (Å²) in [5.41, 5.74) is 5.16. The fourth-order valence-corrected chi connectivity index (χ4v) is 8.17. The van der Waals surface area contributed by atoms with Crippen LogP contribution in [0.15, 0.2) is 121 Å². The van der Waals surface area contributed by atoms with Crippen LogP contribution >= 0.6 is 22.7 Å². The van der Waals surface area contributed by atoms with Crippen LogP contribution in [0.1, 0.15) is 0 Å². The second-order valence-electron chi connectivity index (χ2n) is 9.34. The van der Waals surface area contributed by atoms with Crippen LogP contribution in [0.4, 0.5) is 0 Å². The average molecular weight is 493 g/mol. The first-order valence-electron chi connectivity index (χ1n) is 12.2. The molecule has 0 spiro atoms. The molecule has 0 N–H and O–H groups in total. The Morgan fingerprint density at radius 2 is 0.861 bits per heavy atom. The van der Waals surface area contributed by atoms with Gasteiger partial charge in [-0.1, -0.05) is 97.1 Å². The molecule has 0 nitrogen and oxygen atoms in total. The van der Waals surface area contributed by atoms with Gasteiger partial charge < -0.3 is 0 Å². The summed E-state index contributed by atoms with van der Waals surface area (Å²) in [6, 6.07) is 44.6. The molecule has 0 atom stereocenters. The Morgan fingerprint density at radius 3 is 1.39 bits per heavy atom. The zero-order valence-electron chi connectivity index (χ0n) is 19.4. The Labute approximate surface area is 216 Å². The van der Waals surface area contributed by atoms with E-state index in [2.05, 4.69) is 121 Å². The minimum Gasteiger partial charge on any atom is -0.124 e. The lowest BCUT2D eigenvalue weighted by Gasteiger charge is -2.08. The highest BCUT2D eigenvalue weighted by atomic mass is 32.2. The first-order chi connectivity index (χ1) is 17.8. The average Bonchev–Trinajstić information content (AvgIpc) is 3.47. The summed E-state index contributed by atoms with van der Waals surface area (Å²) in [5.74, 6) is 0. The van der Waals surface area contributed by atoms with E-state index in [-0.39, 0.29) is 0 Å². The molecule has 2 heterocycles. The van der Waals surface area contributed by atoms with E-state index in [4.69, 9.17) is 0 Å². The number of thiophene rings is 2. The van der Waals surface area contributed by atoms with Gasteiger partial charge in [-0.3, -0.25) is 0 Å². The Balaban J connectivity index is 1.38. The summed E-state index contributed by atoms with van der Waals surface area (Å²) in [6.07, 6.45) is 0. The Kier molecular flexibility index (Phi) is 4.36. The van der Waals surface area contributed by atoms with E-state index < -0.39 is 0 Å². The summed E-state index contributed by atoms with van der Waals surface area (Å²) in [4.78, 5) is 0. The molecule has 0 aliphatic rings. The lowest BCUT2D eigenvalue weighted by molar-refractivity contribution is 1.69. The van der Waals surface area contributed by atoms with Gasteiger partial charge in [-0.25, -0.2) is 0 Å². The molecule has 0 radical (unpaired) electrons. The highest BCUT2D eigenvalue weighted by molar-refractivity contribution is 7.44. The van der Waals surface area contributed by atoms with Crippen molar-refractivity contribution in [1.82, 2.24) is 0 Å². The minimum atomic E-state index is 1.28. The van der Waals surface area contributed by atoms with E-state index in [9.17, 15) is 0 Å². The van der Waals surface area contributed by atoms with Gasteiger partial charge in [0.05, 0.1) is 4.01 Å². The molecule has 6 aromatic carbocycles. The third-order valence-electron chi connectivity index (χ3n) is 7.31. The van der Waals surface area contributed by atoms with Crippen molar-refractivity contribution in [3.63, 3.8) is 0 Å². The quantitative estimate of drug-likeness (QED) is 0.225. The molecule has 0 saturated heterocycles. The summed E-state index contributed by atoms with van der Waals surface area (Å²) in [7, 11) is 0. The first kappa shape index (κ1) is 20.2. The van der Waals surface area contributed by atoms with Gasteiger partial charge in [-0.05, 0) is 68.1 Å². The third-order valence-corrected chi connectivity index (χ3v) is 9.74. The normalized spacial score (nSPS) is 11.9. The Morgan fingerprint density at radius 1 is 0.389 bits per heavy atom. The molecule has 2 aromatic heterocycles. The highest BCUT2D eigenvalue weighted by Gasteiger charge is 2.15. The van der Waals surface area contributed by atoms with Crippen molar-refractivity contribution in [2.75, 3.05) is 0 Å². The van der Waals surface area contributed by atoms with E-state index in [0.29, 0.717) is 0 Å². The first-order valence-corrected chi connectivity index (χ1v) is 13.8. The summed E-state index contributed by atoms with van der Waals surface area (Å²) in [5, 5.41) is 9.30. The van der Waals surface area contributed by atoms with E-state index in [1.807, 2.05) is 22.7 Å². The summed E-state index contributed by atoms with van der Waals surface area (Å²) >= 11 is 3.84. The molecule has 8 rings (SSSR count). The zero-order valence-corrected chi connectivity index (χ0v) is 21.0. The molecular weight excluding hydrogens is 473 g/mol. The molecule has 0 amide bonds. The molecule has 0 aliphatic heterocycles. The molecule has 2 heteroatoms. The van der Waals surface area contributed by atoms with Crippen LogP contribution in [0.25, 0.3) is 73.4 Å². The minimum absolute atomic E-state index is 1.28. The fraction of sp³-hybridized carbons (Fsp3) is 0. The monoisotopic (exact) mass is 492 g/mol. The van der Waals surface area contributed by atoms with Gasteiger partial charge in [0.25, 0.3) is 0 Å². The lowest BCUT2D eigenvalue weighted by Crippen LogP contribution is -1.82.